The molecule has 194 valence electrons. The summed E-state index contributed by atoms with van der Waals surface area (Å²) in [5.41, 5.74) is 3.27. The second kappa shape index (κ2) is 11.7. The fourth-order valence-corrected chi connectivity index (χ4v) is 5.23. The number of nitrogens with one attached hydrogen (secondary N) is 1. The maximum absolute atomic E-state index is 13.6. The van der Waals surface area contributed by atoms with Crippen molar-refractivity contribution in [1.82, 2.24) is 0 Å². The van der Waals surface area contributed by atoms with Crippen molar-refractivity contribution < 1.29 is 22.7 Å². The van der Waals surface area contributed by atoms with Crippen molar-refractivity contribution in [3.05, 3.63) is 120 Å². The molecule has 1 N–H and O–H groups in total. The van der Waals surface area contributed by atoms with Gasteiger partial charge in [-0.2, -0.15) is 0 Å². The predicted octanol–water partition coefficient (Wildman–Crippen LogP) is 5.61. The number of hydrogen-bond acceptors (Lipinski definition) is 5. The SMILES string of the molecule is CC(=O)c1cccc(NC(=O)COc2ccc(N(Cc3ccccc3)S(=O)(=O)c3ccc(C)cc3)cc2)c1. The van der Waals surface area contributed by atoms with Crippen LogP contribution in [0.5, 0.6) is 5.75 Å². The van der Waals surface area contributed by atoms with Crippen LogP contribution in [0.3, 0.4) is 0 Å². The van der Waals surface area contributed by atoms with Gasteiger partial charge in [-0.25, -0.2) is 8.42 Å². The Kier molecular flexibility index (Phi) is 8.23. The third-order valence-electron chi connectivity index (χ3n) is 5.83. The largest absolute Gasteiger partial charge is 0.484 e. The maximum Gasteiger partial charge on any atom is 0.264 e. The highest BCUT2D eigenvalue weighted by atomic mass is 32.2. The molecule has 4 aromatic rings. The van der Waals surface area contributed by atoms with Crippen molar-refractivity contribution in [2.75, 3.05) is 16.2 Å². The van der Waals surface area contributed by atoms with Crippen molar-refractivity contribution in [1.29, 1.82) is 0 Å². The Morgan fingerprint density at radius 3 is 2.18 bits per heavy atom. The Morgan fingerprint density at radius 1 is 0.842 bits per heavy atom. The second-order valence-electron chi connectivity index (χ2n) is 8.78. The number of rotatable bonds is 10. The molecule has 0 unspecified atom stereocenters. The van der Waals surface area contributed by atoms with Crippen molar-refractivity contribution in [3.63, 3.8) is 0 Å². The van der Waals surface area contributed by atoms with Gasteiger partial charge in [0.1, 0.15) is 5.75 Å². The van der Waals surface area contributed by atoms with Gasteiger partial charge in [0.2, 0.25) is 0 Å². The van der Waals surface area contributed by atoms with E-state index < -0.39 is 10.0 Å². The molecule has 0 bridgehead atoms. The van der Waals surface area contributed by atoms with Crippen LogP contribution in [0.15, 0.2) is 108 Å². The predicted molar refractivity (Wildman–Crippen MR) is 148 cm³/mol. The summed E-state index contributed by atoms with van der Waals surface area (Å²) in [4.78, 5) is 24.1. The Hall–Kier alpha value is -4.43. The van der Waals surface area contributed by atoms with Gasteiger partial charge in [0.25, 0.3) is 15.9 Å². The molecule has 0 aliphatic rings. The third-order valence-corrected chi connectivity index (χ3v) is 7.61. The number of ketones is 1. The smallest absolute Gasteiger partial charge is 0.264 e. The fraction of sp³-hybridized carbons (Fsp3) is 0.133. The minimum atomic E-state index is -3.85. The van der Waals surface area contributed by atoms with Crippen LogP contribution in [0, 0.1) is 6.92 Å². The molecule has 4 rings (SSSR count). The number of Topliss-reactive ketones (excluding diaryl/α,β-unsaturated/α-hetero) is 1. The summed E-state index contributed by atoms with van der Waals surface area (Å²) in [6, 6.07) is 29.3. The molecule has 0 fully saturated rings. The summed E-state index contributed by atoms with van der Waals surface area (Å²) in [7, 11) is -3.85. The van der Waals surface area contributed by atoms with E-state index in [9.17, 15) is 18.0 Å². The molecule has 7 nitrogen and oxygen atoms in total. The van der Waals surface area contributed by atoms with Crippen LogP contribution in [0.1, 0.15) is 28.4 Å². The lowest BCUT2D eigenvalue weighted by atomic mass is 10.1. The van der Waals surface area contributed by atoms with E-state index in [2.05, 4.69) is 5.32 Å². The average Bonchev–Trinajstić information content (AvgIpc) is 2.92. The summed E-state index contributed by atoms with van der Waals surface area (Å²) < 4.78 is 34.2. The zero-order valence-corrected chi connectivity index (χ0v) is 21.9. The number of benzene rings is 4. The van der Waals surface area contributed by atoms with E-state index in [0.29, 0.717) is 22.7 Å². The maximum atomic E-state index is 13.6. The van der Waals surface area contributed by atoms with Crippen molar-refractivity contribution >= 4 is 33.1 Å². The highest BCUT2D eigenvalue weighted by molar-refractivity contribution is 7.92. The molecule has 0 aliphatic heterocycles. The molecule has 8 heteroatoms. The van der Waals surface area contributed by atoms with E-state index in [4.69, 9.17) is 4.74 Å². The molecule has 0 saturated carbocycles. The quantitative estimate of drug-likeness (QED) is 0.270. The Labute approximate surface area is 222 Å². The highest BCUT2D eigenvalue weighted by Gasteiger charge is 2.25. The van der Waals surface area contributed by atoms with Gasteiger partial charge in [0, 0.05) is 11.3 Å². The van der Waals surface area contributed by atoms with Crippen LogP contribution in [0.2, 0.25) is 0 Å². The minimum absolute atomic E-state index is 0.0943. The van der Waals surface area contributed by atoms with Crippen LogP contribution < -0.4 is 14.4 Å². The number of carbonyl (C=O) groups is 2. The molecule has 0 saturated heterocycles. The van der Waals surface area contributed by atoms with Crippen molar-refractivity contribution in [2.45, 2.75) is 25.3 Å². The first-order valence-corrected chi connectivity index (χ1v) is 13.4. The van der Waals surface area contributed by atoms with Crippen molar-refractivity contribution in [3.8, 4) is 5.75 Å². The van der Waals surface area contributed by atoms with E-state index >= 15 is 0 Å². The van der Waals surface area contributed by atoms with Crippen LogP contribution >= 0.6 is 0 Å². The monoisotopic (exact) mass is 528 g/mol. The highest BCUT2D eigenvalue weighted by Crippen LogP contribution is 2.28. The average molecular weight is 529 g/mol. The zero-order chi connectivity index (χ0) is 27.1. The molecule has 4 aromatic carbocycles. The molecular weight excluding hydrogens is 500 g/mol. The van der Waals surface area contributed by atoms with Gasteiger partial charge in [0.05, 0.1) is 17.1 Å². The lowest BCUT2D eigenvalue weighted by molar-refractivity contribution is -0.118. The van der Waals surface area contributed by atoms with E-state index in [-0.39, 0.29) is 29.7 Å². The molecule has 0 radical (unpaired) electrons. The second-order valence-corrected chi connectivity index (χ2v) is 10.6. The first-order valence-electron chi connectivity index (χ1n) is 12.0. The Balaban J connectivity index is 1.49. The van der Waals surface area contributed by atoms with E-state index in [1.807, 2.05) is 37.3 Å². The summed E-state index contributed by atoms with van der Waals surface area (Å²) in [5, 5.41) is 2.70. The standard InChI is InChI=1S/C30H28N2O5S/c1-22-11-17-29(18-12-22)38(35,36)32(20-24-7-4-3-5-8-24)27-13-15-28(16-14-27)37-21-30(34)31-26-10-6-9-25(19-26)23(2)33/h3-19H,20-21H2,1-2H3,(H,31,34). The van der Waals surface area contributed by atoms with Gasteiger partial charge < -0.3 is 10.1 Å². The van der Waals surface area contributed by atoms with Gasteiger partial charge >= 0.3 is 0 Å². The van der Waals surface area contributed by atoms with Crippen LogP contribution in [0.25, 0.3) is 0 Å². The van der Waals surface area contributed by atoms with Gasteiger partial charge in [-0.05, 0) is 67.9 Å². The molecule has 38 heavy (non-hydrogen) atoms. The topological polar surface area (TPSA) is 92.8 Å². The lowest BCUT2D eigenvalue weighted by Crippen LogP contribution is -2.30. The summed E-state index contributed by atoms with van der Waals surface area (Å²) in [5.74, 6) is -0.0700. The zero-order valence-electron chi connectivity index (χ0n) is 21.1. The number of amides is 1. The number of nitrogens with zero attached hydrogens (tertiary/aromatic N) is 1. The van der Waals surface area contributed by atoms with Gasteiger partial charge in [-0.15, -0.1) is 0 Å². The molecule has 0 aromatic heterocycles. The molecule has 1 amide bonds. The van der Waals surface area contributed by atoms with E-state index in [1.54, 1.807) is 72.8 Å². The number of sulfonamides is 1. The number of anilines is 2. The minimum Gasteiger partial charge on any atom is -0.484 e. The number of aryl methyl sites for hydroxylation is 1. The number of carbonyl (C=O) groups excluding carboxylic acids is 2. The van der Waals surface area contributed by atoms with Gasteiger partial charge in [0.15, 0.2) is 12.4 Å². The molecular formula is C30H28N2O5S. The summed E-state index contributed by atoms with van der Waals surface area (Å²) in [6.45, 7) is 3.26. The number of hydrogen-bond donors (Lipinski definition) is 1. The molecule has 0 aliphatic carbocycles. The molecule has 0 heterocycles. The summed E-state index contributed by atoms with van der Waals surface area (Å²) in [6.07, 6.45) is 0. The van der Waals surface area contributed by atoms with Gasteiger partial charge in [-0.1, -0.05) is 60.2 Å². The first-order chi connectivity index (χ1) is 18.2. The van der Waals surface area contributed by atoms with Crippen LogP contribution in [0.4, 0.5) is 11.4 Å². The Morgan fingerprint density at radius 2 is 1.53 bits per heavy atom. The molecule has 0 atom stereocenters. The third kappa shape index (κ3) is 6.66. The van der Waals surface area contributed by atoms with Crippen LogP contribution in [-0.2, 0) is 21.4 Å². The fourth-order valence-electron chi connectivity index (χ4n) is 3.77. The lowest BCUT2D eigenvalue weighted by Gasteiger charge is -2.25. The Bertz CT molecular complexity index is 1520. The van der Waals surface area contributed by atoms with E-state index in [0.717, 1.165) is 11.1 Å². The normalized spacial score (nSPS) is 11.0. The summed E-state index contributed by atoms with van der Waals surface area (Å²) >= 11 is 0. The van der Waals surface area contributed by atoms with Gasteiger partial charge in [-0.3, -0.25) is 13.9 Å². The first kappa shape index (κ1) is 26.6. The van der Waals surface area contributed by atoms with E-state index in [1.165, 1.54) is 11.2 Å². The molecule has 0 spiro atoms. The van der Waals surface area contributed by atoms with Crippen molar-refractivity contribution in [2.24, 2.45) is 0 Å². The number of ether oxygens (including phenoxy) is 1. The van der Waals surface area contributed by atoms with Crippen LogP contribution in [-0.4, -0.2) is 26.7 Å².